The van der Waals surface area contributed by atoms with Gasteiger partial charge >= 0.3 is 0 Å². The molecule has 1 N–H and O–H groups in total. The summed E-state index contributed by atoms with van der Waals surface area (Å²) in [6.45, 7) is 0.521. The van der Waals surface area contributed by atoms with E-state index in [0.29, 0.717) is 17.8 Å². The van der Waals surface area contributed by atoms with Crippen LogP contribution in [0.1, 0.15) is 16.1 Å². The minimum absolute atomic E-state index is 0.0703. The molecule has 8 heteroatoms. The predicted octanol–water partition coefficient (Wildman–Crippen LogP) is 3.49. The third-order valence-corrected chi connectivity index (χ3v) is 4.78. The van der Waals surface area contributed by atoms with E-state index in [-0.39, 0.29) is 12.5 Å². The number of fused-ring (bicyclic) bond motifs is 1. The molecule has 0 fully saturated rings. The molecule has 0 bridgehead atoms. The normalized spacial score (nSPS) is 10.9. The molecule has 2 heterocycles. The number of carbonyl (C=O) groups is 2. The van der Waals surface area contributed by atoms with E-state index in [2.05, 4.69) is 31.6 Å². The van der Waals surface area contributed by atoms with Gasteiger partial charge < -0.3 is 9.88 Å². The summed E-state index contributed by atoms with van der Waals surface area (Å²) in [6, 6.07) is 15.0. The number of carbonyl (C=O) groups excluding carboxylic acids is 2. The van der Waals surface area contributed by atoms with Crippen LogP contribution in [0.5, 0.6) is 0 Å². The number of aromatic nitrogens is 4. The van der Waals surface area contributed by atoms with Crippen molar-refractivity contribution in [1.82, 2.24) is 19.6 Å². The highest BCUT2D eigenvalue weighted by molar-refractivity contribution is 9.10. The van der Waals surface area contributed by atoms with Crippen LogP contribution in [0.4, 0.5) is 5.69 Å². The number of hydrogen-bond acceptors (Lipinski definition) is 4. The molecule has 4 aromatic rings. The Morgan fingerprint density at radius 2 is 1.96 bits per heavy atom. The van der Waals surface area contributed by atoms with E-state index in [1.165, 1.54) is 4.68 Å². The van der Waals surface area contributed by atoms with E-state index in [1.807, 2.05) is 53.1 Å². The zero-order valence-electron chi connectivity index (χ0n) is 14.7. The number of benzene rings is 2. The summed E-state index contributed by atoms with van der Waals surface area (Å²) < 4.78 is 4.36. The van der Waals surface area contributed by atoms with Crippen molar-refractivity contribution in [2.75, 3.05) is 5.32 Å². The average molecular weight is 438 g/mol. The molecular formula is C20H16BrN5O2. The quantitative estimate of drug-likeness (QED) is 0.468. The third-order valence-electron chi connectivity index (χ3n) is 4.28. The molecule has 0 spiro atoms. The molecule has 0 aliphatic rings. The summed E-state index contributed by atoms with van der Waals surface area (Å²) in [4.78, 5) is 23.5. The zero-order chi connectivity index (χ0) is 19.5. The lowest BCUT2D eigenvalue weighted by Gasteiger charge is -2.04. The first-order valence-electron chi connectivity index (χ1n) is 8.60. The molecule has 140 valence electrons. The fraction of sp³-hybridized carbons (Fsp3) is 0.100. The Balaban J connectivity index is 1.49. The highest BCUT2D eigenvalue weighted by Crippen LogP contribution is 2.24. The number of amides is 1. The Kier molecular flexibility index (Phi) is 5.03. The molecule has 4 rings (SSSR count). The first-order chi connectivity index (χ1) is 13.6. The first-order valence-corrected chi connectivity index (χ1v) is 9.39. The van der Waals surface area contributed by atoms with Gasteiger partial charge in [-0.05, 0) is 30.3 Å². The molecule has 0 atom stereocenters. The zero-order valence-corrected chi connectivity index (χ0v) is 16.3. The second kappa shape index (κ2) is 7.77. The number of anilines is 1. The molecule has 0 saturated heterocycles. The molecule has 0 aliphatic carbocycles. The lowest BCUT2D eigenvalue weighted by molar-refractivity contribution is -0.116. The lowest BCUT2D eigenvalue weighted by Crippen LogP contribution is -2.19. The maximum Gasteiger partial charge on any atom is 0.246 e. The van der Waals surface area contributed by atoms with Crippen molar-refractivity contribution in [2.24, 2.45) is 0 Å². The van der Waals surface area contributed by atoms with Gasteiger partial charge in [0, 0.05) is 32.8 Å². The fourth-order valence-corrected chi connectivity index (χ4v) is 3.41. The Bertz CT molecular complexity index is 1150. The Hall–Kier alpha value is -3.26. The van der Waals surface area contributed by atoms with Gasteiger partial charge in [-0.2, -0.15) is 0 Å². The minimum Gasteiger partial charge on any atom is -0.341 e. The average Bonchev–Trinajstić information content (AvgIpc) is 3.26. The molecule has 7 nitrogen and oxygen atoms in total. The Labute approximate surface area is 169 Å². The largest absolute Gasteiger partial charge is 0.341 e. The molecule has 0 saturated carbocycles. The maximum atomic E-state index is 12.2. The summed E-state index contributed by atoms with van der Waals surface area (Å²) in [5.41, 5.74) is 2.98. The number of hydrogen-bond donors (Lipinski definition) is 1. The molecule has 0 unspecified atom stereocenters. The van der Waals surface area contributed by atoms with Crippen LogP contribution in [-0.2, 0) is 17.9 Å². The van der Waals surface area contributed by atoms with Crippen molar-refractivity contribution < 1.29 is 9.59 Å². The topological polar surface area (TPSA) is 81.8 Å². The van der Waals surface area contributed by atoms with Gasteiger partial charge in [0.05, 0.1) is 12.7 Å². The SMILES string of the molecule is O=Cc1cn(Cc2cn(CC(=O)Nc3ccccc3)nn2)c2ccc(Br)cc12. The summed E-state index contributed by atoms with van der Waals surface area (Å²) in [5.74, 6) is -0.179. The highest BCUT2D eigenvalue weighted by atomic mass is 79.9. The molecule has 0 radical (unpaired) electrons. The van der Waals surface area contributed by atoms with Gasteiger partial charge in [0.2, 0.25) is 5.91 Å². The van der Waals surface area contributed by atoms with Crippen LogP contribution in [-0.4, -0.2) is 31.8 Å². The van der Waals surface area contributed by atoms with Gasteiger partial charge in [0.15, 0.2) is 6.29 Å². The van der Waals surface area contributed by atoms with Crippen LogP contribution in [0.3, 0.4) is 0 Å². The third kappa shape index (κ3) is 3.86. The molecule has 2 aromatic carbocycles. The minimum atomic E-state index is -0.179. The second-order valence-electron chi connectivity index (χ2n) is 6.31. The highest BCUT2D eigenvalue weighted by Gasteiger charge is 2.11. The Morgan fingerprint density at radius 1 is 1.14 bits per heavy atom. The Morgan fingerprint density at radius 3 is 2.75 bits per heavy atom. The van der Waals surface area contributed by atoms with Gasteiger partial charge in [-0.1, -0.05) is 39.3 Å². The van der Waals surface area contributed by atoms with Crippen molar-refractivity contribution >= 4 is 44.7 Å². The van der Waals surface area contributed by atoms with Crippen LogP contribution in [0, 0.1) is 0 Å². The van der Waals surface area contributed by atoms with E-state index in [9.17, 15) is 9.59 Å². The monoisotopic (exact) mass is 437 g/mol. The van der Waals surface area contributed by atoms with E-state index in [4.69, 9.17) is 0 Å². The van der Waals surface area contributed by atoms with Crippen molar-refractivity contribution in [3.63, 3.8) is 0 Å². The fourth-order valence-electron chi connectivity index (χ4n) is 3.05. The van der Waals surface area contributed by atoms with Crippen LogP contribution < -0.4 is 5.32 Å². The maximum absolute atomic E-state index is 12.2. The number of para-hydroxylation sites is 1. The smallest absolute Gasteiger partial charge is 0.246 e. The van der Waals surface area contributed by atoms with E-state index >= 15 is 0 Å². The second-order valence-corrected chi connectivity index (χ2v) is 7.23. The molecular weight excluding hydrogens is 422 g/mol. The molecule has 28 heavy (non-hydrogen) atoms. The number of nitrogens with one attached hydrogen (secondary N) is 1. The molecule has 0 aliphatic heterocycles. The van der Waals surface area contributed by atoms with Crippen molar-refractivity contribution in [3.8, 4) is 0 Å². The van der Waals surface area contributed by atoms with Gasteiger partial charge in [-0.3, -0.25) is 9.59 Å². The first kappa shape index (κ1) is 18.1. The predicted molar refractivity (Wildman–Crippen MR) is 109 cm³/mol. The number of aldehydes is 1. The standard InChI is InChI=1S/C20H16BrN5O2/c21-15-6-7-19-18(8-15)14(13-27)9-25(19)10-17-11-26(24-23-17)12-20(28)22-16-4-2-1-3-5-16/h1-9,11,13H,10,12H2,(H,22,28). The number of nitrogens with zero attached hydrogens (tertiary/aromatic N) is 4. The number of rotatable bonds is 6. The molecule has 1 amide bonds. The van der Waals surface area contributed by atoms with Gasteiger partial charge in [0.25, 0.3) is 0 Å². The summed E-state index contributed by atoms with van der Waals surface area (Å²) >= 11 is 3.43. The van der Waals surface area contributed by atoms with E-state index in [1.54, 1.807) is 12.4 Å². The van der Waals surface area contributed by atoms with E-state index in [0.717, 1.165) is 27.3 Å². The van der Waals surface area contributed by atoms with Crippen molar-refractivity contribution in [3.05, 3.63) is 76.7 Å². The van der Waals surface area contributed by atoms with Gasteiger partial charge in [-0.15, -0.1) is 5.10 Å². The van der Waals surface area contributed by atoms with Crippen LogP contribution >= 0.6 is 15.9 Å². The lowest BCUT2D eigenvalue weighted by atomic mass is 10.2. The van der Waals surface area contributed by atoms with Gasteiger partial charge in [0.1, 0.15) is 12.2 Å². The van der Waals surface area contributed by atoms with Crippen molar-refractivity contribution in [2.45, 2.75) is 13.1 Å². The summed E-state index contributed by atoms with van der Waals surface area (Å²) in [7, 11) is 0. The van der Waals surface area contributed by atoms with Crippen LogP contribution in [0.15, 0.2) is 65.4 Å². The van der Waals surface area contributed by atoms with Crippen LogP contribution in [0.2, 0.25) is 0 Å². The van der Waals surface area contributed by atoms with Gasteiger partial charge in [-0.25, -0.2) is 4.68 Å². The summed E-state index contributed by atoms with van der Waals surface area (Å²) in [5, 5.41) is 11.9. The number of halogens is 1. The molecule has 2 aromatic heterocycles. The summed E-state index contributed by atoms with van der Waals surface area (Å²) in [6.07, 6.45) is 4.37. The van der Waals surface area contributed by atoms with Crippen molar-refractivity contribution in [1.29, 1.82) is 0 Å². The van der Waals surface area contributed by atoms with E-state index < -0.39 is 0 Å². The van der Waals surface area contributed by atoms with Crippen LogP contribution in [0.25, 0.3) is 10.9 Å².